The van der Waals surface area contributed by atoms with Gasteiger partial charge in [0, 0.05) is 23.7 Å². The average Bonchev–Trinajstić information content (AvgIpc) is 3.58. The van der Waals surface area contributed by atoms with Crippen molar-refractivity contribution in [1.82, 2.24) is 9.78 Å². The van der Waals surface area contributed by atoms with Gasteiger partial charge in [-0.2, -0.15) is 9.78 Å². The summed E-state index contributed by atoms with van der Waals surface area (Å²) in [7, 11) is 0. The Bertz CT molecular complexity index is 1190. The lowest BCUT2D eigenvalue weighted by Crippen LogP contribution is -2.24. The molecule has 3 aromatic rings. The van der Waals surface area contributed by atoms with E-state index >= 15 is 0 Å². The van der Waals surface area contributed by atoms with Crippen LogP contribution in [0, 0.1) is 17.6 Å². The molecule has 2 N–H and O–H groups in total. The molecule has 1 saturated carbocycles. The first-order valence-corrected chi connectivity index (χ1v) is 10.1. The van der Waals surface area contributed by atoms with Gasteiger partial charge in [-0.05, 0) is 49.6 Å². The summed E-state index contributed by atoms with van der Waals surface area (Å²) in [6, 6.07) is 9.92. The van der Waals surface area contributed by atoms with Crippen LogP contribution < -0.4 is 16.2 Å². The maximum Gasteiger partial charge on any atom is 0.292 e. The van der Waals surface area contributed by atoms with Gasteiger partial charge >= 0.3 is 0 Å². The summed E-state index contributed by atoms with van der Waals surface area (Å²) < 4.78 is 27.9. The zero-order valence-corrected chi connectivity index (χ0v) is 17.3. The second-order valence-electron chi connectivity index (χ2n) is 7.44. The highest BCUT2D eigenvalue weighted by Gasteiger charge is 2.29. The Morgan fingerprint density at radius 1 is 1.19 bits per heavy atom. The molecular formula is C22H19ClF2N4O2. The van der Waals surface area contributed by atoms with Crippen molar-refractivity contribution >= 4 is 28.9 Å². The molecule has 0 spiro atoms. The van der Waals surface area contributed by atoms with Crippen LogP contribution in [0.15, 0.2) is 53.5 Å². The van der Waals surface area contributed by atoms with E-state index in [1.54, 1.807) is 0 Å². The van der Waals surface area contributed by atoms with E-state index in [-0.39, 0.29) is 34.3 Å². The third-order valence-corrected chi connectivity index (χ3v) is 5.42. The highest BCUT2D eigenvalue weighted by molar-refractivity contribution is 6.33. The highest BCUT2D eigenvalue weighted by atomic mass is 35.5. The van der Waals surface area contributed by atoms with Crippen molar-refractivity contribution in [1.29, 1.82) is 0 Å². The molecule has 1 aliphatic rings. The Morgan fingerprint density at radius 3 is 2.55 bits per heavy atom. The maximum atomic E-state index is 14.0. The van der Waals surface area contributed by atoms with Gasteiger partial charge in [0.25, 0.3) is 5.56 Å². The number of rotatable bonds is 6. The van der Waals surface area contributed by atoms with Gasteiger partial charge in [-0.3, -0.25) is 9.59 Å². The quantitative estimate of drug-likeness (QED) is 0.578. The fourth-order valence-corrected chi connectivity index (χ4v) is 3.30. The minimum Gasteiger partial charge on any atom is -0.376 e. The number of hydrogen-bond acceptors (Lipinski definition) is 4. The number of nitrogens with zero attached hydrogens (tertiary/aromatic N) is 2. The first-order chi connectivity index (χ1) is 14.8. The van der Waals surface area contributed by atoms with E-state index < -0.39 is 17.2 Å². The van der Waals surface area contributed by atoms with Crippen LogP contribution in [0.3, 0.4) is 0 Å². The fraction of sp³-hybridized carbons (Fsp3) is 0.227. The molecule has 1 amide bonds. The number of carbonyl (C=O) groups is 1. The molecule has 1 aliphatic carbocycles. The lowest BCUT2D eigenvalue weighted by Gasteiger charge is -2.17. The number of benzene rings is 2. The third-order valence-electron chi connectivity index (χ3n) is 5.06. The van der Waals surface area contributed by atoms with Crippen molar-refractivity contribution in [3.8, 4) is 5.69 Å². The molecule has 1 fully saturated rings. The smallest absolute Gasteiger partial charge is 0.292 e. The van der Waals surface area contributed by atoms with E-state index in [1.165, 1.54) is 6.20 Å². The minimum absolute atomic E-state index is 0.0370. The van der Waals surface area contributed by atoms with E-state index in [2.05, 4.69) is 15.7 Å². The summed E-state index contributed by atoms with van der Waals surface area (Å²) >= 11 is 6.20. The standard InChI is InChI=1S/C22H19ClF2N4O2/c1-12(13-4-7-16(8-5-13)28-21(30)14-2-3-14)27-18-11-26-29(22(31)20(18)23)19-9-6-15(24)10-17(19)25/h4-12,14,27H,2-3H2,1H3,(H,28,30). The second-order valence-corrected chi connectivity index (χ2v) is 7.81. The molecule has 0 aliphatic heterocycles. The molecule has 1 heterocycles. The number of aromatic nitrogens is 2. The van der Waals surface area contributed by atoms with Crippen LogP contribution in [-0.2, 0) is 4.79 Å². The van der Waals surface area contributed by atoms with E-state index in [0.717, 1.165) is 40.9 Å². The van der Waals surface area contributed by atoms with Crippen LogP contribution in [0.1, 0.15) is 31.4 Å². The largest absolute Gasteiger partial charge is 0.376 e. The van der Waals surface area contributed by atoms with Crippen molar-refractivity contribution in [2.24, 2.45) is 5.92 Å². The summed E-state index contributed by atoms with van der Waals surface area (Å²) in [6.07, 6.45) is 3.19. The molecule has 1 atom stereocenters. The summed E-state index contributed by atoms with van der Waals surface area (Å²) in [5.41, 5.74) is 0.967. The van der Waals surface area contributed by atoms with Crippen LogP contribution in [0.5, 0.6) is 0 Å². The maximum absolute atomic E-state index is 14.0. The Labute approximate surface area is 181 Å². The van der Waals surface area contributed by atoms with Crippen molar-refractivity contribution in [2.45, 2.75) is 25.8 Å². The van der Waals surface area contributed by atoms with E-state index in [4.69, 9.17) is 11.6 Å². The molecule has 160 valence electrons. The summed E-state index contributed by atoms with van der Waals surface area (Å²) in [4.78, 5) is 24.4. The number of nitrogens with one attached hydrogen (secondary N) is 2. The minimum atomic E-state index is -0.923. The van der Waals surface area contributed by atoms with Gasteiger partial charge in [0.2, 0.25) is 5.91 Å². The molecule has 9 heteroatoms. The van der Waals surface area contributed by atoms with Gasteiger partial charge in [-0.15, -0.1) is 0 Å². The lowest BCUT2D eigenvalue weighted by atomic mass is 10.1. The lowest BCUT2D eigenvalue weighted by molar-refractivity contribution is -0.117. The fourth-order valence-electron chi connectivity index (χ4n) is 3.12. The Hall–Kier alpha value is -3.26. The number of amides is 1. The van der Waals surface area contributed by atoms with Gasteiger partial charge in [0.05, 0.1) is 11.9 Å². The predicted molar refractivity (Wildman–Crippen MR) is 115 cm³/mol. The highest BCUT2D eigenvalue weighted by Crippen LogP contribution is 2.30. The molecule has 1 aromatic heterocycles. The average molecular weight is 445 g/mol. The molecule has 0 bridgehead atoms. The molecule has 1 unspecified atom stereocenters. The SMILES string of the molecule is CC(Nc1cnn(-c2ccc(F)cc2F)c(=O)c1Cl)c1ccc(NC(=O)C2CC2)cc1. The van der Waals surface area contributed by atoms with Crippen molar-refractivity contribution in [3.63, 3.8) is 0 Å². The van der Waals surface area contributed by atoms with E-state index in [0.29, 0.717) is 6.07 Å². The van der Waals surface area contributed by atoms with Crippen LogP contribution in [0.25, 0.3) is 5.69 Å². The van der Waals surface area contributed by atoms with Crippen molar-refractivity contribution < 1.29 is 13.6 Å². The van der Waals surface area contributed by atoms with Crippen molar-refractivity contribution in [3.05, 3.63) is 81.2 Å². The molecule has 6 nitrogen and oxygen atoms in total. The van der Waals surface area contributed by atoms with Crippen LogP contribution in [0.2, 0.25) is 5.02 Å². The normalized spacial score (nSPS) is 14.2. The molecule has 4 rings (SSSR count). The summed E-state index contributed by atoms with van der Waals surface area (Å²) in [6.45, 7) is 1.87. The number of hydrogen-bond donors (Lipinski definition) is 2. The first-order valence-electron chi connectivity index (χ1n) is 9.74. The van der Waals surface area contributed by atoms with Gasteiger partial charge in [0.15, 0.2) is 5.82 Å². The van der Waals surface area contributed by atoms with Crippen LogP contribution in [0.4, 0.5) is 20.2 Å². The van der Waals surface area contributed by atoms with Crippen molar-refractivity contribution in [2.75, 3.05) is 10.6 Å². The number of halogens is 3. The van der Waals surface area contributed by atoms with Gasteiger partial charge in [-0.25, -0.2) is 8.78 Å². The molecule has 0 radical (unpaired) electrons. The zero-order chi connectivity index (χ0) is 22.1. The van der Waals surface area contributed by atoms with Gasteiger partial charge in [-0.1, -0.05) is 23.7 Å². The Balaban J connectivity index is 1.50. The second kappa shape index (κ2) is 8.47. The van der Waals surface area contributed by atoms with Gasteiger partial charge < -0.3 is 10.6 Å². The molecule has 31 heavy (non-hydrogen) atoms. The van der Waals surface area contributed by atoms with E-state index in [1.807, 2.05) is 31.2 Å². The monoisotopic (exact) mass is 444 g/mol. The topological polar surface area (TPSA) is 76.0 Å². The summed E-state index contributed by atoms with van der Waals surface area (Å²) in [5.74, 6) is -1.52. The van der Waals surface area contributed by atoms with Crippen LogP contribution >= 0.6 is 11.6 Å². The molecule has 0 saturated heterocycles. The summed E-state index contributed by atoms with van der Waals surface area (Å²) in [5, 5.41) is 9.78. The molecular weight excluding hydrogens is 426 g/mol. The van der Waals surface area contributed by atoms with E-state index in [9.17, 15) is 18.4 Å². The first kappa shape index (κ1) is 21.0. The van der Waals surface area contributed by atoms with Crippen LogP contribution in [-0.4, -0.2) is 15.7 Å². The Morgan fingerprint density at radius 2 is 1.90 bits per heavy atom. The molecule has 2 aromatic carbocycles. The predicted octanol–water partition coefficient (Wildman–Crippen LogP) is 4.69. The Kier molecular flexibility index (Phi) is 5.73. The zero-order valence-electron chi connectivity index (χ0n) is 16.5. The third kappa shape index (κ3) is 4.59. The number of carbonyl (C=O) groups excluding carboxylic acids is 1. The number of anilines is 2. The van der Waals surface area contributed by atoms with Gasteiger partial charge in [0.1, 0.15) is 16.5 Å².